The third-order valence-electron chi connectivity index (χ3n) is 1.83. The molecule has 4 N–H and O–H groups in total. The average molecular weight is 244 g/mol. The Morgan fingerprint density at radius 2 is 2.33 bits per heavy atom. The molecule has 15 heavy (non-hydrogen) atoms. The highest BCUT2D eigenvalue weighted by molar-refractivity contribution is 7.19. The molecule has 0 unspecified atom stereocenters. The third-order valence-corrected chi connectivity index (χ3v) is 3.08. The summed E-state index contributed by atoms with van der Waals surface area (Å²) >= 11 is 7.02. The molecule has 2 heterocycles. The summed E-state index contributed by atoms with van der Waals surface area (Å²) < 4.78 is 0.578. The number of nitrogens with two attached hydrogens (primary N) is 1. The van der Waals surface area contributed by atoms with Gasteiger partial charge in [-0.25, -0.2) is 4.79 Å². The number of H-pyrrole nitrogens is 1. The summed E-state index contributed by atoms with van der Waals surface area (Å²) in [4.78, 5) is 11.6. The van der Waals surface area contributed by atoms with Crippen LogP contribution in [0.15, 0.2) is 12.1 Å². The molecular weight excluding hydrogens is 238 g/mol. The molecule has 7 heteroatoms. The number of hydrogen-bond acceptors (Lipinski definition) is 4. The Labute approximate surface area is 93.5 Å². The van der Waals surface area contributed by atoms with Crippen LogP contribution in [0.2, 0.25) is 4.34 Å². The molecule has 0 aromatic carbocycles. The number of nitrogens with zero attached hydrogens (tertiary/aromatic N) is 1. The van der Waals surface area contributed by atoms with Crippen LogP contribution in [0.5, 0.6) is 0 Å². The summed E-state index contributed by atoms with van der Waals surface area (Å²) in [7, 11) is 0. The number of aromatic amines is 1. The molecule has 2 aromatic rings. The predicted molar refractivity (Wildman–Crippen MR) is 58.3 cm³/mol. The third kappa shape index (κ3) is 1.69. The lowest BCUT2D eigenvalue weighted by molar-refractivity contribution is 0.0699. The van der Waals surface area contributed by atoms with Crippen LogP contribution < -0.4 is 5.73 Å². The quantitative estimate of drug-likeness (QED) is 0.753. The summed E-state index contributed by atoms with van der Waals surface area (Å²) in [5.41, 5.74) is 5.80. The number of rotatable bonds is 2. The zero-order valence-electron chi connectivity index (χ0n) is 7.32. The number of carboxylic acid groups (broad SMARTS) is 1. The first-order valence-electron chi connectivity index (χ1n) is 3.92. The van der Waals surface area contributed by atoms with Crippen LogP contribution in [-0.2, 0) is 0 Å². The van der Waals surface area contributed by atoms with Gasteiger partial charge in [-0.3, -0.25) is 5.10 Å². The van der Waals surface area contributed by atoms with E-state index in [1.54, 1.807) is 12.1 Å². The van der Waals surface area contributed by atoms with Crippen LogP contribution in [0.4, 0.5) is 5.82 Å². The maximum atomic E-state index is 10.9. The number of nitrogens with one attached hydrogen (secondary N) is 1. The Morgan fingerprint density at radius 1 is 1.60 bits per heavy atom. The summed E-state index contributed by atoms with van der Waals surface area (Å²) in [5.74, 6) is -1.14. The average Bonchev–Trinajstić information content (AvgIpc) is 2.71. The van der Waals surface area contributed by atoms with Gasteiger partial charge in [-0.05, 0) is 12.1 Å². The largest absolute Gasteiger partial charge is 0.477 e. The highest BCUT2D eigenvalue weighted by Crippen LogP contribution is 2.33. The van der Waals surface area contributed by atoms with Crippen molar-refractivity contribution in [3.05, 3.63) is 22.0 Å². The Kier molecular flexibility index (Phi) is 2.37. The monoisotopic (exact) mass is 243 g/mol. The zero-order valence-corrected chi connectivity index (χ0v) is 8.89. The first-order chi connectivity index (χ1) is 7.09. The number of hydrogen-bond donors (Lipinski definition) is 3. The number of thiophene rings is 1. The van der Waals surface area contributed by atoms with Crippen molar-refractivity contribution in [1.29, 1.82) is 0 Å². The van der Waals surface area contributed by atoms with E-state index in [0.717, 1.165) is 0 Å². The SMILES string of the molecule is Nc1n[nH]c(-c2ccc(Cl)s2)c1C(=O)O. The Bertz CT molecular complexity index is 520. The minimum absolute atomic E-state index is 0.0199. The van der Waals surface area contributed by atoms with Crippen molar-refractivity contribution in [2.75, 3.05) is 5.73 Å². The molecule has 0 aliphatic carbocycles. The number of anilines is 1. The summed E-state index contributed by atoms with van der Waals surface area (Å²) in [6, 6.07) is 3.40. The zero-order chi connectivity index (χ0) is 11.0. The van der Waals surface area contributed by atoms with Gasteiger partial charge in [0.2, 0.25) is 0 Å². The van der Waals surface area contributed by atoms with Gasteiger partial charge in [0.15, 0.2) is 5.82 Å². The van der Waals surface area contributed by atoms with Crippen LogP contribution in [0.3, 0.4) is 0 Å². The van der Waals surface area contributed by atoms with Crippen LogP contribution in [0.1, 0.15) is 10.4 Å². The van der Waals surface area contributed by atoms with E-state index < -0.39 is 5.97 Å². The molecule has 0 bridgehead atoms. The smallest absolute Gasteiger partial charge is 0.341 e. The van der Waals surface area contributed by atoms with E-state index in [1.165, 1.54) is 11.3 Å². The molecule has 5 nitrogen and oxygen atoms in total. The minimum atomic E-state index is -1.11. The maximum absolute atomic E-state index is 10.9. The molecule has 0 saturated heterocycles. The maximum Gasteiger partial charge on any atom is 0.341 e. The number of nitrogen functional groups attached to an aromatic ring is 1. The fourth-order valence-electron chi connectivity index (χ4n) is 1.20. The van der Waals surface area contributed by atoms with E-state index in [0.29, 0.717) is 14.9 Å². The van der Waals surface area contributed by atoms with Crippen molar-refractivity contribution in [1.82, 2.24) is 10.2 Å². The molecule has 0 amide bonds. The van der Waals surface area contributed by atoms with Gasteiger partial charge in [-0.1, -0.05) is 11.6 Å². The van der Waals surface area contributed by atoms with E-state index in [9.17, 15) is 4.79 Å². The van der Waals surface area contributed by atoms with Gasteiger partial charge in [-0.15, -0.1) is 11.3 Å². The van der Waals surface area contributed by atoms with Crippen LogP contribution in [-0.4, -0.2) is 21.3 Å². The van der Waals surface area contributed by atoms with Gasteiger partial charge in [-0.2, -0.15) is 5.10 Å². The lowest BCUT2D eigenvalue weighted by atomic mass is 10.2. The van der Waals surface area contributed by atoms with Gasteiger partial charge in [0.25, 0.3) is 0 Å². The second-order valence-electron chi connectivity index (χ2n) is 2.77. The topological polar surface area (TPSA) is 92.0 Å². The Morgan fingerprint density at radius 3 is 2.87 bits per heavy atom. The van der Waals surface area contributed by atoms with E-state index in [-0.39, 0.29) is 11.4 Å². The minimum Gasteiger partial charge on any atom is -0.477 e. The first kappa shape index (κ1) is 10.0. The number of aromatic nitrogens is 2. The lowest BCUT2D eigenvalue weighted by Crippen LogP contribution is -2.01. The van der Waals surface area contributed by atoms with Crippen molar-refractivity contribution in [3.8, 4) is 10.6 Å². The second kappa shape index (κ2) is 3.56. The van der Waals surface area contributed by atoms with E-state index in [2.05, 4.69) is 10.2 Å². The van der Waals surface area contributed by atoms with E-state index in [4.69, 9.17) is 22.4 Å². The fraction of sp³-hybridized carbons (Fsp3) is 0. The molecule has 0 saturated carbocycles. The van der Waals surface area contributed by atoms with Gasteiger partial charge in [0.1, 0.15) is 5.56 Å². The van der Waals surface area contributed by atoms with Crippen molar-refractivity contribution >= 4 is 34.7 Å². The van der Waals surface area contributed by atoms with Gasteiger partial charge in [0.05, 0.1) is 14.9 Å². The normalized spacial score (nSPS) is 10.5. The molecule has 0 aliphatic rings. The highest BCUT2D eigenvalue weighted by Gasteiger charge is 2.19. The summed E-state index contributed by atoms with van der Waals surface area (Å²) in [6.45, 7) is 0. The summed E-state index contributed by atoms with van der Waals surface area (Å²) in [6.07, 6.45) is 0. The lowest BCUT2D eigenvalue weighted by Gasteiger charge is -1.94. The number of carboxylic acids is 1. The van der Waals surface area contributed by atoms with E-state index >= 15 is 0 Å². The second-order valence-corrected chi connectivity index (χ2v) is 4.48. The molecule has 0 fully saturated rings. The Balaban J connectivity index is 2.58. The summed E-state index contributed by atoms with van der Waals surface area (Å²) in [5, 5.41) is 15.2. The van der Waals surface area contributed by atoms with E-state index in [1.807, 2.05) is 0 Å². The molecular formula is C8H6ClN3O2S. The highest BCUT2D eigenvalue weighted by atomic mass is 35.5. The molecule has 0 spiro atoms. The van der Waals surface area contributed by atoms with Crippen molar-refractivity contribution in [2.45, 2.75) is 0 Å². The van der Waals surface area contributed by atoms with Gasteiger partial charge < -0.3 is 10.8 Å². The molecule has 0 atom stereocenters. The van der Waals surface area contributed by atoms with Crippen LogP contribution >= 0.6 is 22.9 Å². The molecule has 2 aromatic heterocycles. The fourth-order valence-corrected chi connectivity index (χ4v) is 2.24. The number of carbonyl (C=O) groups is 1. The van der Waals surface area contributed by atoms with Crippen LogP contribution in [0, 0.1) is 0 Å². The number of aromatic carboxylic acids is 1. The molecule has 0 aliphatic heterocycles. The first-order valence-corrected chi connectivity index (χ1v) is 5.12. The predicted octanol–water partition coefficient (Wildman–Crippen LogP) is 2.07. The van der Waals surface area contributed by atoms with Crippen LogP contribution in [0.25, 0.3) is 10.6 Å². The van der Waals surface area contributed by atoms with Crippen molar-refractivity contribution in [3.63, 3.8) is 0 Å². The van der Waals surface area contributed by atoms with Crippen molar-refractivity contribution in [2.24, 2.45) is 0 Å². The molecule has 0 radical (unpaired) electrons. The number of halogens is 1. The molecule has 78 valence electrons. The standard InChI is InChI=1S/C8H6ClN3O2S/c9-4-2-1-3(15-4)6-5(8(13)14)7(10)12-11-6/h1-2H,(H,13,14)(H3,10,11,12). The Hall–Kier alpha value is -1.53. The van der Waals surface area contributed by atoms with Gasteiger partial charge in [0, 0.05) is 0 Å². The van der Waals surface area contributed by atoms with Crippen molar-refractivity contribution < 1.29 is 9.90 Å². The van der Waals surface area contributed by atoms with Gasteiger partial charge >= 0.3 is 5.97 Å². The molecule has 2 rings (SSSR count).